The van der Waals surface area contributed by atoms with Crippen LogP contribution in [0.15, 0.2) is 73.1 Å². The van der Waals surface area contributed by atoms with Gasteiger partial charge in [-0.05, 0) is 48.0 Å². The fourth-order valence-electron chi connectivity index (χ4n) is 3.34. The van der Waals surface area contributed by atoms with E-state index in [0.29, 0.717) is 17.6 Å². The fraction of sp³-hybridized carbons (Fsp3) is 0.0455. The number of hydrogen-bond acceptors (Lipinski definition) is 3. The summed E-state index contributed by atoms with van der Waals surface area (Å²) in [6.45, 7) is 0.324. The number of nitrogens with one attached hydrogen (secondary N) is 2. The first-order chi connectivity index (χ1) is 14.2. The third kappa shape index (κ3) is 3.12. The molecule has 0 spiro atoms. The van der Waals surface area contributed by atoms with Gasteiger partial charge in [0.2, 0.25) is 0 Å². The average molecular weight is 385 g/mol. The lowest BCUT2D eigenvalue weighted by atomic mass is 10.1. The minimum absolute atomic E-state index is 0.212. The van der Waals surface area contributed by atoms with Crippen LogP contribution >= 0.6 is 0 Å². The molecule has 1 amide bonds. The van der Waals surface area contributed by atoms with E-state index in [1.807, 2.05) is 34.9 Å². The van der Waals surface area contributed by atoms with E-state index >= 15 is 0 Å². The SMILES string of the molecule is O=C(NCc1ccc(F)cc1)c1ccc2c(c1)ncn2-c1n[nH]c2ccccc12. The van der Waals surface area contributed by atoms with Crippen LogP contribution in [0.25, 0.3) is 27.8 Å². The number of carbonyl (C=O) groups is 1. The summed E-state index contributed by atoms with van der Waals surface area (Å²) in [6.07, 6.45) is 1.70. The number of amides is 1. The van der Waals surface area contributed by atoms with Crippen molar-refractivity contribution < 1.29 is 9.18 Å². The van der Waals surface area contributed by atoms with Crippen LogP contribution in [0.4, 0.5) is 4.39 Å². The number of carbonyl (C=O) groups excluding carboxylic acids is 1. The smallest absolute Gasteiger partial charge is 0.251 e. The number of imidazole rings is 1. The highest BCUT2D eigenvalue weighted by atomic mass is 19.1. The number of aromatic amines is 1. The highest BCUT2D eigenvalue weighted by molar-refractivity contribution is 5.98. The second-order valence-corrected chi connectivity index (χ2v) is 6.72. The van der Waals surface area contributed by atoms with E-state index in [9.17, 15) is 9.18 Å². The van der Waals surface area contributed by atoms with E-state index in [1.54, 1.807) is 30.6 Å². The normalized spacial score (nSPS) is 11.2. The average Bonchev–Trinajstić information content (AvgIpc) is 3.36. The molecule has 0 atom stereocenters. The Hall–Kier alpha value is -4.00. The van der Waals surface area contributed by atoms with E-state index in [-0.39, 0.29) is 11.7 Å². The van der Waals surface area contributed by atoms with Crippen molar-refractivity contribution >= 4 is 27.8 Å². The summed E-state index contributed by atoms with van der Waals surface area (Å²) in [5, 5.41) is 11.3. The Bertz CT molecular complexity index is 1340. The van der Waals surface area contributed by atoms with Crippen LogP contribution in [-0.2, 0) is 6.54 Å². The highest BCUT2D eigenvalue weighted by Gasteiger charge is 2.13. The number of benzene rings is 3. The van der Waals surface area contributed by atoms with Crippen LogP contribution in [0.3, 0.4) is 0 Å². The van der Waals surface area contributed by atoms with E-state index in [2.05, 4.69) is 20.5 Å². The summed E-state index contributed by atoms with van der Waals surface area (Å²) in [5.74, 6) is 0.249. The standard InChI is InChI=1S/C22H16FN5O/c23-16-8-5-14(6-9-16)12-24-22(29)15-7-10-20-19(11-15)25-13-28(20)21-17-3-1-2-4-18(17)26-27-21/h1-11,13H,12H2,(H,24,29)(H,26,27). The van der Waals surface area contributed by atoms with Gasteiger partial charge in [0.25, 0.3) is 5.91 Å². The number of halogens is 1. The summed E-state index contributed by atoms with van der Waals surface area (Å²) in [4.78, 5) is 16.9. The van der Waals surface area contributed by atoms with Gasteiger partial charge in [-0.25, -0.2) is 9.37 Å². The number of para-hydroxylation sites is 1. The quantitative estimate of drug-likeness (QED) is 0.492. The molecule has 0 saturated carbocycles. The van der Waals surface area contributed by atoms with Crippen molar-refractivity contribution in [2.24, 2.45) is 0 Å². The molecule has 0 aliphatic heterocycles. The summed E-state index contributed by atoms with van der Waals surface area (Å²) < 4.78 is 14.9. The predicted molar refractivity (Wildman–Crippen MR) is 108 cm³/mol. The number of fused-ring (bicyclic) bond motifs is 2. The summed E-state index contributed by atoms with van der Waals surface area (Å²) in [7, 11) is 0. The number of hydrogen-bond donors (Lipinski definition) is 2. The molecule has 29 heavy (non-hydrogen) atoms. The van der Waals surface area contributed by atoms with E-state index < -0.39 is 0 Å². The molecule has 3 aromatic carbocycles. The lowest BCUT2D eigenvalue weighted by Crippen LogP contribution is -2.22. The van der Waals surface area contributed by atoms with Gasteiger partial charge >= 0.3 is 0 Å². The lowest BCUT2D eigenvalue weighted by molar-refractivity contribution is 0.0951. The third-order valence-electron chi connectivity index (χ3n) is 4.85. The first-order valence-electron chi connectivity index (χ1n) is 9.12. The van der Waals surface area contributed by atoms with Crippen LogP contribution in [0, 0.1) is 5.82 Å². The van der Waals surface area contributed by atoms with Gasteiger partial charge in [-0.3, -0.25) is 14.5 Å². The van der Waals surface area contributed by atoms with Gasteiger partial charge < -0.3 is 5.32 Å². The Labute approximate surface area is 165 Å². The van der Waals surface area contributed by atoms with Gasteiger partial charge in [-0.1, -0.05) is 24.3 Å². The molecule has 0 radical (unpaired) electrons. The Balaban J connectivity index is 1.41. The van der Waals surface area contributed by atoms with Crippen LogP contribution in [-0.4, -0.2) is 25.7 Å². The van der Waals surface area contributed by atoms with Gasteiger partial charge in [0, 0.05) is 17.5 Å². The zero-order valence-electron chi connectivity index (χ0n) is 15.3. The summed E-state index contributed by atoms with van der Waals surface area (Å²) >= 11 is 0. The van der Waals surface area contributed by atoms with E-state index in [0.717, 1.165) is 27.8 Å². The lowest BCUT2D eigenvalue weighted by Gasteiger charge is -2.06. The number of nitrogens with zero attached hydrogens (tertiary/aromatic N) is 3. The first kappa shape index (κ1) is 17.1. The molecule has 0 fully saturated rings. The Morgan fingerprint density at radius 3 is 2.76 bits per heavy atom. The van der Waals surface area contributed by atoms with Crippen molar-refractivity contribution in [1.29, 1.82) is 0 Å². The summed E-state index contributed by atoms with van der Waals surface area (Å²) in [5.41, 5.74) is 3.84. The Morgan fingerprint density at radius 2 is 1.90 bits per heavy atom. The molecular formula is C22H16FN5O. The van der Waals surface area contributed by atoms with Crippen molar-refractivity contribution in [1.82, 2.24) is 25.1 Å². The maximum atomic E-state index is 13.0. The number of rotatable bonds is 4. The molecule has 0 saturated heterocycles. The van der Waals surface area contributed by atoms with Crippen molar-refractivity contribution in [2.75, 3.05) is 0 Å². The molecule has 6 nitrogen and oxygen atoms in total. The van der Waals surface area contributed by atoms with E-state index in [1.165, 1.54) is 12.1 Å². The van der Waals surface area contributed by atoms with Gasteiger partial charge in [-0.15, -0.1) is 0 Å². The second kappa shape index (κ2) is 6.87. The third-order valence-corrected chi connectivity index (χ3v) is 4.85. The maximum absolute atomic E-state index is 13.0. The van der Waals surface area contributed by atoms with Gasteiger partial charge in [0.15, 0.2) is 5.82 Å². The van der Waals surface area contributed by atoms with Crippen LogP contribution in [0.2, 0.25) is 0 Å². The molecule has 0 aliphatic carbocycles. The van der Waals surface area contributed by atoms with Crippen molar-refractivity contribution in [2.45, 2.75) is 6.54 Å². The zero-order valence-corrected chi connectivity index (χ0v) is 15.3. The van der Waals surface area contributed by atoms with Crippen molar-refractivity contribution in [3.05, 3.63) is 90.0 Å². The van der Waals surface area contributed by atoms with Gasteiger partial charge in [0.05, 0.1) is 16.6 Å². The monoisotopic (exact) mass is 385 g/mol. The molecule has 5 rings (SSSR count). The van der Waals surface area contributed by atoms with Crippen LogP contribution in [0.1, 0.15) is 15.9 Å². The molecule has 2 aromatic heterocycles. The van der Waals surface area contributed by atoms with Crippen LogP contribution in [0.5, 0.6) is 0 Å². The molecule has 7 heteroatoms. The number of H-pyrrole nitrogens is 1. The zero-order chi connectivity index (χ0) is 19.8. The second-order valence-electron chi connectivity index (χ2n) is 6.72. The van der Waals surface area contributed by atoms with Crippen molar-refractivity contribution in [3.63, 3.8) is 0 Å². The fourth-order valence-corrected chi connectivity index (χ4v) is 3.34. The highest BCUT2D eigenvalue weighted by Crippen LogP contribution is 2.24. The predicted octanol–water partition coefficient (Wildman–Crippen LogP) is 3.97. The maximum Gasteiger partial charge on any atom is 0.251 e. The molecule has 0 unspecified atom stereocenters. The first-order valence-corrected chi connectivity index (χ1v) is 9.12. The largest absolute Gasteiger partial charge is 0.348 e. The summed E-state index contributed by atoms with van der Waals surface area (Å²) in [6, 6.07) is 19.3. The molecule has 2 heterocycles. The molecule has 2 N–H and O–H groups in total. The van der Waals surface area contributed by atoms with Gasteiger partial charge in [-0.2, -0.15) is 5.10 Å². The molecule has 0 aliphatic rings. The molecule has 142 valence electrons. The van der Waals surface area contributed by atoms with Gasteiger partial charge in [0.1, 0.15) is 12.1 Å². The minimum atomic E-state index is -0.300. The Morgan fingerprint density at radius 1 is 1.07 bits per heavy atom. The minimum Gasteiger partial charge on any atom is -0.348 e. The molecular weight excluding hydrogens is 369 g/mol. The van der Waals surface area contributed by atoms with E-state index in [4.69, 9.17) is 0 Å². The molecule has 0 bridgehead atoms. The number of aromatic nitrogens is 4. The van der Waals surface area contributed by atoms with Crippen LogP contribution < -0.4 is 5.32 Å². The topological polar surface area (TPSA) is 75.6 Å². The molecule has 5 aromatic rings. The van der Waals surface area contributed by atoms with Crippen molar-refractivity contribution in [3.8, 4) is 5.82 Å². The Kier molecular flexibility index (Phi) is 4.05.